The molecule has 0 aliphatic heterocycles. The summed E-state index contributed by atoms with van der Waals surface area (Å²) in [6, 6.07) is 13.1. The molecule has 0 unspecified atom stereocenters. The molecule has 0 heterocycles. The van der Waals surface area contributed by atoms with Crippen molar-refractivity contribution in [1.82, 2.24) is 4.90 Å². The molecular weight excluding hydrogens is 362 g/mol. The van der Waals surface area contributed by atoms with Crippen LogP contribution in [0.15, 0.2) is 48.5 Å². The van der Waals surface area contributed by atoms with E-state index in [0.717, 1.165) is 4.90 Å². The molecule has 0 bridgehead atoms. The van der Waals surface area contributed by atoms with Gasteiger partial charge in [0, 0.05) is 24.4 Å². The van der Waals surface area contributed by atoms with E-state index in [4.69, 9.17) is 4.74 Å². The third kappa shape index (κ3) is 5.80. The Labute approximate surface area is 163 Å². The molecule has 2 aromatic rings. The number of rotatable bonds is 6. The second-order valence-corrected chi connectivity index (χ2v) is 7.23. The molecule has 2 rings (SSSR count). The molecule has 0 atom stereocenters. The average molecular weight is 385 g/mol. The van der Waals surface area contributed by atoms with Gasteiger partial charge in [0.2, 0.25) is 0 Å². The van der Waals surface area contributed by atoms with Gasteiger partial charge in [0.05, 0.1) is 4.92 Å². The minimum atomic E-state index is -0.662. The third-order valence-electron chi connectivity index (χ3n) is 3.63. The van der Waals surface area contributed by atoms with Gasteiger partial charge in [-0.15, -0.1) is 0 Å². The number of nitro groups is 1. The van der Waals surface area contributed by atoms with Gasteiger partial charge in [-0.05, 0) is 45.0 Å². The molecule has 0 radical (unpaired) electrons. The number of amides is 1. The van der Waals surface area contributed by atoms with Gasteiger partial charge in [-0.25, -0.2) is 0 Å². The van der Waals surface area contributed by atoms with Gasteiger partial charge < -0.3 is 15.0 Å². The summed E-state index contributed by atoms with van der Waals surface area (Å²) in [5, 5.41) is 14.4. The number of hydrogen-bond acceptors (Lipinski definition) is 6. The van der Waals surface area contributed by atoms with Gasteiger partial charge in [0.15, 0.2) is 0 Å². The first-order chi connectivity index (χ1) is 13.1. The second kappa shape index (κ2) is 8.51. The van der Waals surface area contributed by atoms with Gasteiger partial charge in [0.1, 0.15) is 17.8 Å². The molecule has 8 nitrogen and oxygen atoms in total. The van der Waals surface area contributed by atoms with Crippen molar-refractivity contribution in [2.45, 2.75) is 26.4 Å². The van der Waals surface area contributed by atoms with Crippen LogP contribution in [-0.4, -0.2) is 40.9 Å². The van der Waals surface area contributed by atoms with Gasteiger partial charge in [-0.1, -0.05) is 18.2 Å². The van der Waals surface area contributed by atoms with Crippen LogP contribution in [0, 0.1) is 10.1 Å². The maximum atomic E-state index is 12.6. The standard InChI is InChI=1S/C20H23N3O5/c1-20(2,3)28-18(24)13-22(4)19(25)14-10-11-16(17(12-14)23(26)27)21-15-8-6-5-7-9-15/h5-12,21H,13H2,1-4H3. The number of nitrogens with zero attached hydrogens (tertiary/aromatic N) is 2. The van der Waals surface area contributed by atoms with Crippen molar-refractivity contribution >= 4 is 28.9 Å². The fraction of sp³-hybridized carbons (Fsp3) is 0.300. The number of hydrogen-bond donors (Lipinski definition) is 1. The highest BCUT2D eigenvalue weighted by Gasteiger charge is 2.23. The minimum absolute atomic E-state index is 0.108. The first-order valence-corrected chi connectivity index (χ1v) is 8.64. The van der Waals surface area contributed by atoms with Crippen LogP contribution in [0.1, 0.15) is 31.1 Å². The van der Waals surface area contributed by atoms with Crippen LogP contribution < -0.4 is 5.32 Å². The van der Waals surface area contributed by atoms with Crippen LogP contribution in [0.3, 0.4) is 0 Å². The normalized spacial score (nSPS) is 10.9. The van der Waals surface area contributed by atoms with Crippen molar-refractivity contribution in [3.05, 3.63) is 64.2 Å². The Morgan fingerprint density at radius 2 is 1.79 bits per heavy atom. The van der Waals surface area contributed by atoms with Crippen molar-refractivity contribution in [2.75, 3.05) is 18.9 Å². The summed E-state index contributed by atoms with van der Waals surface area (Å²) < 4.78 is 5.19. The molecule has 0 aliphatic rings. The Morgan fingerprint density at radius 1 is 1.14 bits per heavy atom. The smallest absolute Gasteiger partial charge is 0.326 e. The largest absolute Gasteiger partial charge is 0.459 e. The van der Waals surface area contributed by atoms with E-state index in [-0.39, 0.29) is 23.5 Å². The maximum absolute atomic E-state index is 12.6. The summed E-state index contributed by atoms with van der Waals surface area (Å²) in [4.78, 5) is 36.5. The number of para-hydroxylation sites is 1. The van der Waals surface area contributed by atoms with E-state index in [2.05, 4.69) is 5.32 Å². The molecule has 2 aromatic carbocycles. The van der Waals surface area contributed by atoms with E-state index < -0.39 is 22.4 Å². The van der Waals surface area contributed by atoms with E-state index in [9.17, 15) is 19.7 Å². The lowest BCUT2D eigenvalue weighted by atomic mass is 10.1. The number of likely N-dealkylation sites (N-methyl/N-ethyl adjacent to an activating group) is 1. The second-order valence-electron chi connectivity index (χ2n) is 7.23. The van der Waals surface area contributed by atoms with Crippen LogP contribution in [0.4, 0.5) is 17.1 Å². The monoisotopic (exact) mass is 385 g/mol. The van der Waals surface area contributed by atoms with Crippen LogP contribution in [-0.2, 0) is 9.53 Å². The first kappa shape index (κ1) is 20.9. The fourth-order valence-electron chi connectivity index (χ4n) is 2.46. The Morgan fingerprint density at radius 3 is 2.36 bits per heavy atom. The van der Waals surface area contributed by atoms with Crippen molar-refractivity contribution in [3.8, 4) is 0 Å². The lowest BCUT2D eigenvalue weighted by molar-refractivity contribution is -0.383. The molecule has 0 fully saturated rings. The Balaban J connectivity index is 2.19. The molecule has 148 valence electrons. The summed E-state index contributed by atoms with van der Waals surface area (Å²) in [5.74, 6) is -1.07. The van der Waals surface area contributed by atoms with E-state index in [0.29, 0.717) is 5.69 Å². The van der Waals surface area contributed by atoms with E-state index in [1.165, 1.54) is 25.2 Å². The molecule has 8 heteroatoms. The van der Waals surface area contributed by atoms with Crippen LogP contribution in [0.5, 0.6) is 0 Å². The highest BCUT2D eigenvalue weighted by atomic mass is 16.6. The van der Waals surface area contributed by atoms with E-state index >= 15 is 0 Å². The van der Waals surface area contributed by atoms with Gasteiger partial charge in [0.25, 0.3) is 11.6 Å². The number of anilines is 2. The van der Waals surface area contributed by atoms with E-state index in [1.807, 2.05) is 6.07 Å². The van der Waals surface area contributed by atoms with Crippen molar-refractivity contribution in [2.24, 2.45) is 0 Å². The summed E-state index contributed by atoms with van der Waals surface area (Å²) in [7, 11) is 1.44. The zero-order valence-electron chi connectivity index (χ0n) is 16.3. The van der Waals surface area contributed by atoms with Crippen molar-refractivity contribution in [1.29, 1.82) is 0 Å². The molecule has 1 amide bonds. The number of nitro benzene ring substituents is 1. The topological polar surface area (TPSA) is 102 Å². The van der Waals surface area contributed by atoms with Crippen LogP contribution >= 0.6 is 0 Å². The quantitative estimate of drug-likeness (QED) is 0.462. The first-order valence-electron chi connectivity index (χ1n) is 8.64. The summed E-state index contributed by atoms with van der Waals surface area (Å²) in [5.41, 5.74) is 0.163. The number of carbonyl (C=O) groups is 2. The van der Waals surface area contributed by atoms with Gasteiger partial charge >= 0.3 is 5.97 Å². The maximum Gasteiger partial charge on any atom is 0.326 e. The molecular formula is C20H23N3O5. The summed E-state index contributed by atoms with van der Waals surface area (Å²) in [6.45, 7) is 4.94. The predicted octanol–water partition coefficient (Wildman–Crippen LogP) is 3.75. The zero-order chi connectivity index (χ0) is 20.9. The van der Waals surface area contributed by atoms with Crippen molar-refractivity contribution < 1.29 is 19.2 Å². The van der Waals surface area contributed by atoms with Gasteiger partial charge in [-0.3, -0.25) is 19.7 Å². The SMILES string of the molecule is CN(CC(=O)OC(C)(C)C)C(=O)c1ccc(Nc2ccccc2)c([N+](=O)[O-])c1. The lowest BCUT2D eigenvalue weighted by Crippen LogP contribution is -2.36. The number of esters is 1. The highest BCUT2D eigenvalue weighted by Crippen LogP contribution is 2.29. The molecule has 0 spiro atoms. The number of nitrogens with one attached hydrogen (secondary N) is 1. The molecule has 0 saturated heterocycles. The fourth-order valence-corrected chi connectivity index (χ4v) is 2.46. The Hall–Kier alpha value is -3.42. The average Bonchev–Trinajstić information content (AvgIpc) is 2.60. The van der Waals surface area contributed by atoms with Crippen LogP contribution in [0.2, 0.25) is 0 Å². The molecule has 0 aliphatic carbocycles. The number of benzene rings is 2. The number of carbonyl (C=O) groups excluding carboxylic acids is 2. The zero-order valence-corrected chi connectivity index (χ0v) is 16.3. The Kier molecular flexibility index (Phi) is 6.35. The Bertz CT molecular complexity index is 875. The van der Waals surface area contributed by atoms with Crippen LogP contribution in [0.25, 0.3) is 0 Å². The third-order valence-corrected chi connectivity index (χ3v) is 3.63. The number of ether oxygens (including phenoxy) is 1. The highest BCUT2D eigenvalue weighted by molar-refractivity contribution is 5.97. The molecule has 0 aromatic heterocycles. The lowest BCUT2D eigenvalue weighted by Gasteiger charge is -2.22. The molecule has 0 saturated carbocycles. The molecule has 1 N–H and O–H groups in total. The van der Waals surface area contributed by atoms with Crippen molar-refractivity contribution in [3.63, 3.8) is 0 Å². The van der Waals surface area contributed by atoms with E-state index in [1.54, 1.807) is 45.0 Å². The minimum Gasteiger partial charge on any atom is -0.459 e. The summed E-state index contributed by atoms with van der Waals surface area (Å²) >= 11 is 0. The van der Waals surface area contributed by atoms with Gasteiger partial charge in [-0.2, -0.15) is 0 Å². The predicted molar refractivity (Wildman–Crippen MR) is 106 cm³/mol. The summed E-state index contributed by atoms with van der Waals surface area (Å²) in [6.07, 6.45) is 0. The molecule has 28 heavy (non-hydrogen) atoms.